The van der Waals surface area contributed by atoms with E-state index in [1.54, 1.807) is 0 Å². The molecule has 13 heavy (non-hydrogen) atoms. The first kappa shape index (κ1) is 9.86. The fourth-order valence-electron chi connectivity index (χ4n) is 1.21. The molecule has 0 aliphatic carbocycles. The van der Waals surface area contributed by atoms with Crippen LogP contribution >= 0.6 is 0 Å². The summed E-state index contributed by atoms with van der Waals surface area (Å²) in [5.74, 6) is 0. The number of rotatable bonds is 4. The van der Waals surface area contributed by atoms with Gasteiger partial charge < -0.3 is 16.4 Å². The van der Waals surface area contributed by atoms with Gasteiger partial charge in [0.1, 0.15) is 0 Å². The number of nitrogen functional groups attached to an aromatic ring is 1. The molecule has 0 aliphatic heterocycles. The van der Waals surface area contributed by atoms with Gasteiger partial charge in [-0.05, 0) is 37.7 Å². The minimum atomic E-state index is 0.816. The molecule has 0 amide bonds. The van der Waals surface area contributed by atoms with Crippen LogP contribution in [-0.4, -0.2) is 20.1 Å². The number of hydrogen-bond donors (Lipinski definition) is 3. The van der Waals surface area contributed by atoms with Crippen LogP contribution in [0.15, 0.2) is 18.2 Å². The van der Waals surface area contributed by atoms with Gasteiger partial charge in [-0.15, -0.1) is 0 Å². The first-order valence-corrected chi connectivity index (χ1v) is 4.48. The topological polar surface area (TPSA) is 50.1 Å². The van der Waals surface area contributed by atoms with Gasteiger partial charge in [0, 0.05) is 24.5 Å². The predicted octanol–water partition coefficient (Wildman–Crippen LogP) is 1.21. The Balaban J connectivity index is 2.56. The molecule has 0 fully saturated rings. The number of benzene rings is 1. The summed E-state index contributed by atoms with van der Waals surface area (Å²) in [6.07, 6.45) is 0. The molecule has 0 saturated carbocycles. The zero-order chi connectivity index (χ0) is 9.68. The standard InChI is InChI=1S/C10H17N3/c1-8-7-9(11)3-4-10(8)13-6-5-12-2/h3-4,7,12-13H,5-6,11H2,1-2H3. The normalized spacial score (nSPS) is 10.0. The van der Waals surface area contributed by atoms with E-state index in [-0.39, 0.29) is 0 Å². The highest BCUT2D eigenvalue weighted by molar-refractivity contribution is 5.57. The lowest BCUT2D eigenvalue weighted by atomic mass is 10.2. The molecule has 0 atom stereocenters. The summed E-state index contributed by atoms with van der Waals surface area (Å²) in [6.45, 7) is 3.95. The Hall–Kier alpha value is -1.22. The van der Waals surface area contributed by atoms with Gasteiger partial charge in [0.25, 0.3) is 0 Å². The minimum absolute atomic E-state index is 0.816. The Morgan fingerprint density at radius 2 is 2.08 bits per heavy atom. The number of nitrogens with one attached hydrogen (secondary N) is 2. The molecule has 3 heteroatoms. The third-order valence-corrected chi connectivity index (χ3v) is 1.94. The Labute approximate surface area is 79.3 Å². The Bertz CT molecular complexity index is 271. The number of likely N-dealkylation sites (N-methyl/N-ethyl adjacent to an activating group) is 1. The molecular formula is C10H17N3. The number of hydrogen-bond acceptors (Lipinski definition) is 3. The molecule has 4 N–H and O–H groups in total. The van der Waals surface area contributed by atoms with Gasteiger partial charge in [0.15, 0.2) is 0 Å². The van der Waals surface area contributed by atoms with E-state index in [9.17, 15) is 0 Å². The highest BCUT2D eigenvalue weighted by atomic mass is 14.9. The van der Waals surface area contributed by atoms with Gasteiger partial charge >= 0.3 is 0 Å². The Morgan fingerprint density at radius 1 is 1.31 bits per heavy atom. The second-order valence-corrected chi connectivity index (χ2v) is 3.10. The second kappa shape index (κ2) is 4.72. The van der Waals surface area contributed by atoms with Crippen molar-refractivity contribution >= 4 is 11.4 Å². The van der Waals surface area contributed by atoms with Crippen LogP contribution in [0.4, 0.5) is 11.4 Å². The number of aryl methyl sites for hydroxylation is 1. The van der Waals surface area contributed by atoms with Crippen LogP contribution in [0.3, 0.4) is 0 Å². The van der Waals surface area contributed by atoms with Crippen LogP contribution < -0.4 is 16.4 Å². The van der Waals surface area contributed by atoms with E-state index in [0.29, 0.717) is 0 Å². The van der Waals surface area contributed by atoms with Gasteiger partial charge in [-0.25, -0.2) is 0 Å². The summed E-state index contributed by atoms with van der Waals surface area (Å²) in [6, 6.07) is 5.90. The number of anilines is 2. The largest absolute Gasteiger partial charge is 0.399 e. The molecule has 1 rings (SSSR count). The molecule has 0 saturated heterocycles. The van der Waals surface area contributed by atoms with Crippen molar-refractivity contribution in [1.82, 2.24) is 5.32 Å². The smallest absolute Gasteiger partial charge is 0.0371 e. The van der Waals surface area contributed by atoms with E-state index in [4.69, 9.17) is 5.73 Å². The molecule has 0 radical (unpaired) electrons. The molecule has 0 bridgehead atoms. The van der Waals surface area contributed by atoms with Gasteiger partial charge in [-0.1, -0.05) is 0 Å². The minimum Gasteiger partial charge on any atom is -0.399 e. The lowest BCUT2D eigenvalue weighted by Gasteiger charge is -2.09. The zero-order valence-corrected chi connectivity index (χ0v) is 8.22. The zero-order valence-electron chi connectivity index (χ0n) is 8.22. The molecule has 0 aromatic heterocycles. The quantitative estimate of drug-likeness (QED) is 0.481. The van der Waals surface area contributed by atoms with Gasteiger partial charge in [0.2, 0.25) is 0 Å². The summed E-state index contributed by atoms with van der Waals surface area (Å²) in [5, 5.41) is 6.40. The highest BCUT2D eigenvalue weighted by Crippen LogP contribution is 2.16. The van der Waals surface area contributed by atoms with Crippen LogP contribution in [0, 0.1) is 6.92 Å². The summed E-state index contributed by atoms with van der Waals surface area (Å²) in [5.41, 5.74) is 8.81. The fourth-order valence-corrected chi connectivity index (χ4v) is 1.21. The summed E-state index contributed by atoms with van der Waals surface area (Å²) in [7, 11) is 1.94. The second-order valence-electron chi connectivity index (χ2n) is 3.10. The van der Waals surface area contributed by atoms with Crippen molar-refractivity contribution in [3.8, 4) is 0 Å². The lowest BCUT2D eigenvalue weighted by Crippen LogP contribution is -2.18. The maximum absolute atomic E-state index is 5.64. The fraction of sp³-hybridized carbons (Fsp3) is 0.400. The number of nitrogens with two attached hydrogens (primary N) is 1. The molecule has 72 valence electrons. The van der Waals surface area contributed by atoms with Crippen molar-refractivity contribution in [2.45, 2.75) is 6.92 Å². The predicted molar refractivity (Wildman–Crippen MR) is 58.0 cm³/mol. The first-order valence-electron chi connectivity index (χ1n) is 4.48. The van der Waals surface area contributed by atoms with E-state index in [2.05, 4.69) is 17.6 Å². The van der Waals surface area contributed by atoms with Gasteiger partial charge in [-0.3, -0.25) is 0 Å². The van der Waals surface area contributed by atoms with E-state index in [0.717, 1.165) is 24.5 Å². The van der Waals surface area contributed by atoms with Gasteiger partial charge in [0.05, 0.1) is 0 Å². The molecule has 0 aliphatic rings. The monoisotopic (exact) mass is 179 g/mol. The van der Waals surface area contributed by atoms with Crippen molar-refractivity contribution in [1.29, 1.82) is 0 Å². The van der Waals surface area contributed by atoms with Gasteiger partial charge in [-0.2, -0.15) is 0 Å². The van der Waals surface area contributed by atoms with Crippen LogP contribution in [-0.2, 0) is 0 Å². The average molecular weight is 179 g/mol. The molecular weight excluding hydrogens is 162 g/mol. The first-order chi connectivity index (χ1) is 6.24. The van der Waals surface area contributed by atoms with Crippen molar-refractivity contribution in [3.05, 3.63) is 23.8 Å². The van der Waals surface area contributed by atoms with Crippen LogP contribution in [0.25, 0.3) is 0 Å². The third kappa shape index (κ3) is 2.95. The molecule has 0 heterocycles. The van der Waals surface area contributed by atoms with Crippen LogP contribution in [0.5, 0.6) is 0 Å². The molecule has 1 aromatic carbocycles. The molecule has 1 aromatic rings. The summed E-state index contributed by atoms with van der Waals surface area (Å²) in [4.78, 5) is 0. The Kier molecular flexibility index (Phi) is 3.58. The van der Waals surface area contributed by atoms with E-state index < -0.39 is 0 Å². The van der Waals surface area contributed by atoms with E-state index in [1.807, 2.05) is 25.2 Å². The third-order valence-electron chi connectivity index (χ3n) is 1.94. The summed E-state index contributed by atoms with van der Waals surface area (Å²) < 4.78 is 0. The summed E-state index contributed by atoms with van der Waals surface area (Å²) >= 11 is 0. The van der Waals surface area contributed by atoms with Crippen molar-refractivity contribution in [2.24, 2.45) is 0 Å². The van der Waals surface area contributed by atoms with Crippen LogP contribution in [0.1, 0.15) is 5.56 Å². The molecule has 0 spiro atoms. The maximum atomic E-state index is 5.64. The van der Waals surface area contributed by atoms with Crippen molar-refractivity contribution in [2.75, 3.05) is 31.2 Å². The van der Waals surface area contributed by atoms with E-state index >= 15 is 0 Å². The van der Waals surface area contributed by atoms with Crippen molar-refractivity contribution in [3.63, 3.8) is 0 Å². The van der Waals surface area contributed by atoms with Crippen LogP contribution in [0.2, 0.25) is 0 Å². The average Bonchev–Trinajstić information content (AvgIpc) is 2.09. The maximum Gasteiger partial charge on any atom is 0.0371 e. The molecule has 3 nitrogen and oxygen atoms in total. The lowest BCUT2D eigenvalue weighted by molar-refractivity contribution is 0.823. The van der Waals surface area contributed by atoms with Crippen molar-refractivity contribution < 1.29 is 0 Å². The Morgan fingerprint density at radius 3 is 2.69 bits per heavy atom. The highest BCUT2D eigenvalue weighted by Gasteiger charge is 1.96. The molecule has 0 unspecified atom stereocenters. The van der Waals surface area contributed by atoms with E-state index in [1.165, 1.54) is 5.56 Å². The SMILES string of the molecule is CNCCNc1ccc(N)cc1C.